The number of carbonyl (C=O) groups excluding carboxylic acids is 2. The Morgan fingerprint density at radius 3 is 2.20 bits per heavy atom. The van der Waals surface area contributed by atoms with Gasteiger partial charge in [0.1, 0.15) is 0 Å². The second-order valence-electron chi connectivity index (χ2n) is 6.06. The lowest BCUT2D eigenvalue weighted by molar-refractivity contribution is -0.121. The molecule has 1 fully saturated rings. The highest BCUT2D eigenvalue weighted by atomic mass is 16.2. The van der Waals surface area contributed by atoms with Gasteiger partial charge in [0, 0.05) is 12.6 Å². The van der Waals surface area contributed by atoms with Crippen molar-refractivity contribution in [1.29, 1.82) is 0 Å². The minimum atomic E-state index is -0.0547. The fourth-order valence-electron chi connectivity index (χ4n) is 2.37. The predicted molar refractivity (Wildman–Crippen MR) is 80.4 cm³/mol. The number of hydrogen-bond donors (Lipinski definition) is 3. The summed E-state index contributed by atoms with van der Waals surface area (Å²) in [6.07, 6.45) is 7.13. The van der Waals surface area contributed by atoms with Crippen LogP contribution in [0, 0.1) is 5.92 Å². The Kier molecular flexibility index (Phi) is 8.26. The van der Waals surface area contributed by atoms with Crippen LogP contribution in [0.4, 0.5) is 0 Å². The molecule has 0 saturated heterocycles. The molecule has 0 radical (unpaired) electrons. The van der Waals surface area contributed by atoms with Gasteiger partial charge in [0.25, 0.3) is 0 Å². The summed E-state index contributed by atoms with van der Waals surface area (Å²) >= 11 is 0. The number of rotatable bonds is 7. The van der Waals surface area contributed by atoms with E-state index >= 15 is 0 Å². The molecular formula is C15H29N3O2. The molecule has 0 aromatic rings. The number of hydrogen-bond acceptors (Lipinski definition) is 3. The first-order valence-electron chi connectivity index (χ1n) is 7.84. The normalized spacial score (nSPS) is 16.8. The summed E-state index contributed by atoms with van der Waals surface area (Å²) in [6, 6.07) is 0.321. The Morgan fingerprint density at radius 2 is 1.60 bits per heavy atom. The molecule has 0 aromatic carbocycles. The first-order chi connectivity index (χ1) is 9.58. The van der Waals surface area contributed by atoms with Crippen LogP contribution < -0.4 is 16.0 Å². The van der Waals surface area contributed by atoms with Gasteiger partial charge in [0.2, 0.25) is 11.8 Å². The monoisotopic (exact) mass is 283 g/mol. The van der Waals surface area contributed by atoms with Gasteiger partial charge in [-0.3, -0.25) is 14.9 Å². The molecule has 0 spiro atoms. The fourth-order valence-corrected chi connectivity index (χ4v) is 2.37. The van der Waals surface area contributed by atoms with Crippen LogP contribution in [0.3, 0.4) is 0 Å². The lowest BCUT2D eigenvalue weighted by Crippen LogP contribution is -2.43. The van der Waals surface area contributed by atoms with Crippen LogP contribution in [0.1, 0.15) is 52.4 Å². The average molecular weight is 283 g/mol. The topological polar surface area (TPSA) is 70.2 Å². The Bertz CT molecular complexity index is 297. The molecule has 3 N–H and O–H groups in total. The van der Waals surface area contributed by atoms with Gasteiger partial charge < -0.3 is 10.6 Å². The summed E-state index contributed by atoms with van der Waals surface area (Å²) in [5.74, 6) is 0.381. The van der Waals surface area contributed by atoms with Crippen LogP contribution in [0.5, 0.6) is 0 Å². The van der Waals surface area contributed by atoms with Crippen molar-refractivity contribution in [2.45, 2.75) is 58.4 Å². The Morgan fingerprint density at radius 1 is 1.00 bits per heavy atom. The van der Waals surface area contributed by atoms with Crippen molar-refractivity contribution in [3.63, 3.8) is 0 Å². The Balaban J connectivity index is 2.08. The zero-order chi connectivity index (χ0) is 14.8. The maximum atomic E-state index is 11.8. The maximum absolute atomic E-state index is 11.8. The van der Waals surface area contributed by atoms with Crippen LogP contribution in [0.2, 0.25) is 0 Å². The van der Waals surface area contributed by atoms with E-state index in [0.29, 0.717) is 18.5 Å². The Labute approximate surface area is 122 Å². The van der Waals surface area contributed by atoms with E-state index in [9.17, 15) is 9.59 Å². The van der Waals surface area contributed by atoms with E-state index in [2.05, 4.69) is 16.0 Å². The highest BCUT2D eigenvalue weighted by molar-refractivity contribution is 5.81. The van der Waals surface area contributed by atoms with E-state index in [1.165, 1.54) is 25.7 Å². The molecule has 0 aromatic heterocycles. The zero-order valence-corrected chi connectivity index (χ0v) is 12.8. The van der Waals surface area contributed by atoms with Crippen LogP contribution in [-0.2, 0) is 9.59 Å². The van der Waals surface area contributed by atoms with Gasteiger partial charge in [-0.2, -0.15) is 0 Å². The van der Waals surface area contributed by atoms with Gasteiger partial charge in [-0.25, -0.2) is 0 Å². The molecule has 1 aliphatic carbocycles. The lowest BCUT2D eigenvalue weighted by atomic mass is 10.1. The third-order valence-electron chi connectivity index (χ3n) is 3.50. The quantitative estimate of drug-likeness (QED) is 0.615. The zero-order valence-electron chi connectivity index (χ0n) is 12.8. The summed E-state index contributed by atoms with van der Waals surface area (Å²) in [4.78, 5) is 23.2. The fraction of sp³-hybridized carbons (Fsp3) is 0.867. The van der Waals surface area contributed by atoms with Crippen molar-refractivity contribution < 1.29 is 9.59 Å². The van der Waals surface area contributed by atoms with Gasteiger partial charge >= 0.3 is 0 Å². The average Bonchev–Trinajstić information content (AvgIpc) is 2.65. The van der Waals surface area contributed by atoms with Crippen LogP contribution >= 0.6 is 0 Å². The highest BCUT2D eigenvalue weighted by Gasteiger charge is 2.14. The van der Waals surface area contributed by atoms with Crippen LogP contribution in [0.15, 0.2) is 0 Å². The molecule has 0 aliphatic heterocycles. The highest BCUT2D eigenvalue weighted by Crippen LogP contribution is 2.16. The number of amides is 2. The standard InChI is InChI=1S/C15H29N3O2/c1-12(2)9-17-14(19)10-16-11-15(20)18-13-7-5-3-4-6-8-13/h12-13,16H,3-11H2,1-2H3,(H,17,19)(H,18,20). The van der Waals surface area contributed by atoms with Gasteiger partial charge in [-0.15, -0.1) is 0 Å². The van der Waals surface area contributed by atoms with E-state index in [0.717, 1.165) is 12.8 Å². The lowest BCUT2D eigenvalue weighted by Gasteiger charge is -2.16. The predicted octanol–water partition coefficient (Wildman–Crippen LogP) is 1.19. The second-order valence-corrected chi connectivity index (χ2v) is 6.06. The van der Waals surface area contributed by atoms with E-state index in [-0.39, 0.29) is 24.9 Å². The van der Waals surface area contributed by atoms with Crippen LogP contribution in [-0.4, -0.2) is 37.5 Å². The summed E-state index contributed by atoms with van der Waals surface area (Å²) in [6.45, 7) is 5.19. The number of nitrogens with one attached hydrogen (secondary N) is 3. The molecule has 1 saturated carbocycles. The third kappa shape index (κ3) is 8.15. The van der Waals surface area contributed by atoms with Crippen LogP contribution in [0.25, 0.3) is 0 Å². The molecule has 5 heteroatoms. The summed E-state index contributed by atoms with van der Waals surface area (Å²) in [7, 11) is 0. The van der Waals surface area contributed by atoms with Crippen molar-refractivity contribution in [3.05, 3.63) is 0 Å². The summed E-state index contributed by atoms with van der Waals surface area (Å²) < 4.78 is 0. The molecule has 0 atom stereocenters. The van der Waals surface area contributed by atoms with Gasteiger partial charge in [-0.1, -0.05) is 39.5 Å². The van der Waals surface area contributed by atoms with E-state index in [4.69, 9.17) is 0 Å². The minimum absolute atomic E-state index is 0.00596. The van der Waals surface area contributed by atoms with Crippen molar-refractivity contribution in [2.24, 2.45) is 5.92 Å². The molecule has 2 amide bonds. The molecule has 5 nitrogen and oxygen atoms in total. The second kappa shape index (κ2) is 9.75. The summed E-state index contributed by atoms with van der Waals surface area (Å²) in [5, 5.41) is 8.75. The van der Waals surface area contributed by atoms with Gasteiger partial charge in [0.05, 0.1) is 13.1 Å². The van der Waals surface area contributed by atoms with Crippen molar-refractivity contribution in [1.82, 2.24) is 16.0 Å². The molecule has 1 aliphatic rings. The first-order valence-corrected chi connectivity index (χ1v) is 7.84. The van der Waals surface area contributed by atoms with Crippen molar-refractivity contribution in [3.8, 4) is 0 Å². The first kappa shape index (κ1) is 17.0. The number of carbonyl (C=O) groups is 2. The Hall–Kier alpha value is -1.10. The molecule has 1 rings (SSSR count). The molecule has 0 unspecified atom stereocenters. The summed E-state index contributed by atoms with van der Waals surface area (Å²) in [5.41, 5.74) is 0. The largest absolute Gasteiger partial charge is 0.355 e. The molecule has 20 heavy (non-hydrogen) atoms. The minimum Gasteiger partial charge on any atom is -0.355 e. The smallest absolute Gasteiger partial charge is 0.234 e. The van der Waals surface area contributed by atoms with Crippen molar-refractivity contribution in [2.75, 3.05) is 19.6 Å². The van der Waals surface area contributed by atoms with Gasteiger partial charge in [-0.05, 0) is 18.8 Å². The molecular weight excluding hydrogens is 254 g/mol. The van der Waals surface area contributed by atoms with E-state index in [1.54, 1.807) is 0 Å². The SMILES string of the molecule is CC(C)CNC(=O)CNCC(=O)NC1CCCCCC1. The van der Waals surface area contributed by atoms with E-state index in [1.807, 2.05) is 13.8 Å². The maximum Gasteiger partial charge on any atom is 0.234 e. The van der Waals surface area contributed by atoms with Crippen molar-refractivity contribution >= 4 is 11.8 Å². The third-order valence-corrected chi connectivity index (χ3v) is 3.50. The van der Waals surface area contributed by atoms with E-state index < -0.39 is 0 Å². The molecule has 116 valence electrons. The van der Waals surface area contributed by atoms with Gasteiger partial charge in [0.15, 0.2) is 0 Å². The molecule has 0 bridgehead atoms. The molecule has 0 heterocycles.